The van der Waals surface area contributed by atoms with Crippen molar-refractivity contribution in [3.63, 3.8) is 0 Å². The lowest BCUT2D eigenvalue weighted by molar-refractivity contribution is -0.134. The summed E-state index contributed by atoms with van der Waals surface area (Å²) in [5.74, 6) is -0.486. The van der Waals surface area contributed by atoms with Gasteiger partial charge in [0.2, 0.25) is 10.0 Å². The maximum Gasteiger partial charge on any atom is 0.330 e. The van der Waals surface area contributed by atoms with Gasteiger partial charge in [-0.15, -0.1) is 0 Å². The number of rotatable bonds is 4. The molecular formula is C13H15NO4S. The normalized spacial score (nSPS) is 22.4. The number of methoxy groups -OCH3 is 1. The van der Waals surface area contributed by atoms with Crippen LogP contribution in [0.5, 0.6) is 0 Å². The van der Waals surface area contributed by atoms with Crippen molar-refractivity contribution in [3.05, 3.63) is 42.0 Å². The molecule has 5 nitrogen and oxygen atoms in total. The van der Waals surface area contributed by atoms with Crippen LogP contribution in [0.4, 0.5) is 0 Å². The van der Waals surface area contributed by atoms with E-state index in [1.807, 2.05) is 6.92 Å². The molecule has 1 saturated heterocycles. The summed E-state index contributed by atoms with van der Waals surface area (Å²) in [6.45, 7) is 2.29. The molecule has 102 valence electrons. The van der Waals surface area contributed by atoms with Gasteiger partial charge in [0.25, 0.3) is 0 Å². The monoisotopic (exact) mass is 281 g/mol. The van der Waals surface area contributed by atoms with Crippen molar-refractivity contribution in [1.29, 1.82) is 0 Å². The first kappa shape index (κ1) is 13.8. The number of esters is 1. The van der Waals surface area contributed by atoms with Gasteiger partial charge in [0.05, 0.1) is 18.0 Å². The van der Waals surface area contributed by atoms with Gasteiger partial charge in [-0.3, -0.25) is 0 Å². The topological polar surface area (TPSA) is 63.5 Å². The van der Waals surface area contributed by atoms with Crippen LogP contribution in [0.15, 0.2) is 41.3 Å². The molecule has 0 radical (unpaired) electrons. The molecule has 0 saturated carbocycles. The lowest BCUT2D eigenvalue weighted by Gasteiger charge is -2.05. The average molecular weight is 281 g/mol. The van der Waals surface area contributed by atoms with E-state index in [-0.39, 0.29) is 10.9 Å². The first-order valence-electron chi connectivity index (χ1n) is 5.80. The number of ether oxygens (including phenoxy) is 1. The van der Waals surface area contributed by atoms with Crippen molar-refractivity contribution in [2.24, 2.45) is 0 Å². The molecular weight excluding hydrogens is 266 g/mol. The summed E-state index contributed by atoms with van der Waals surface area (Å²) >= 11 is 0. The highest BCUT2D eigenvalue weighted by Gasteiger charge is 2.42. The number of hydrogen-bond donors (Lipinski definition) is 0. The Morgan fingerprint density at radius 1 is 1.37 bits per heavy atom. The van der Waals surface area contributed by atoms with Crippen molar-refractivity contribution in [2.75, 3.05) is 13.7 Å². The second-order valence-electron chi connectivity index (χ2n) is 4.34. The van der Waals surface area contributed by atoms with Crippen LogP contribution in [-0.4, -0.2) is 38.4 Å². The Balaban J connectivity index is 2.09. The van der Waals surface area contributed by atoms with Gasteiger partial charge in [-0.2, -0.15) is 4.31 Å². The van der Waals surface area contributed by atoms with Gasteiger partial charge in [0.1, 0.15) is 0 Å². The van der Waals surface area contributed by atoms with Gasteiger partial charge < -0.3 is 4.74 Å². The van der Waals surface area contributed by atoms with Gasteiger partial charge in [0, 0.05) is 12.6 Å². The number of sulfonamides is 1. The van der Waals surface area contributed by atoms with Gasteiger partial charge >= 0.3 is 5.97 Å². The van der Waals surface area contributed by atoms with Crippen LogP contribution in [0.3, 0.4) is 0 Å². The van der Waals surface area contributed by atoms with Crippen molar-refractivity contribution in [2.45, 2.75) is 17.9 Å². The fraction of sp³-hybridized carbons (Fsp3) is 0.308. The molecule has 1 fully saturated rings. The Bertz CT molecular complexity index is 604. The van der Waals surface area contributed by atoms with Gasteiger partial charge in [-0.25, -0.2) is 13.2 Å². The number of benzene rings is 1. The molecule has 0 aliphatic carbocycles. The Morgan fingerprint density at radius 3 is 2.58 bits per heavy atom. The van der Waals surface area contributed by atoms with E-state index in [4.69, 9.17) is 0 Å². The molecule has 1 aliphatic heterocycles. The van der Waals surface area contributed by atoms with Crippen molar-refractivity contribution < 1.29 is 17.9 Å². The van der Waals surface area contributed by atoms with Crippen LogP contribution in [0.2, 0.25) is 0 Å². The van der Waals surface area contributed by atoms with Gasteiger partial charge in [0.15, 0.2) is 0 Å². The lowest BCUT2D eigenvalue weighted by Crippen LogP contribution is -2.14. The highest BCUT2D eigenvalue weighted by atomic mass is 32.2. The number of hydrogen-bond acceptors (Lipinski definition) is 4. The molecule has 0 N–H and O–H groups in total. The molecule has 6 heteroatoms. The zero-order valence-corrected chi connectivity index (χ0v) is 11.6. The average Bonchev–Trinajstić information content (AvgIpc) is 3.16. The maximum atomic E-state index is 12.2. The largest absolute Gasteiger partial charge is 0.466 e. The Labute approximate surface area is 112 Å². The summed E-state index contributed by atoms with van der Waals surface area (Å²) in [4.78, 5) is 11.2. The van der Waals surface area contributed by atoms with Crippen molar-refractivity contribution >= 4 is 16.0 Å². The van der Waals surface area contributed by atoms with Crippen LogP contribution >= 0.6 is 0 Å². The van der Waals surface area contributed by atoms with Crippen molar-refractivity contribution in [3.8, 4) is 0 Å². The fourth-order valence-corrected chi connectivity index (χ4v) is 3.20. The highest BCUT2D eigenvalue weighted by Crippen LogP contribution is 2.29. The summed E-state index contributed by atoms with van der Waals surface area (Å²) in [6.07, 6.45) is 2.78. The number of nitrogens with zero attached hydrogens (tertiary/aromatic N) is 1. The second-order valence-corrected chi connectivity index (χ2v) is 6.23. The molecule has 19 heavy (non-hydrogen) atoms. The van der Waals surface area contributed by atoms with E-state index in [2.05, 4.69) is 4.74 Å². The van der Waals surface area contributed by atoms with E-state index in [0.29, 0.717) is 6.54 Å². The van der Waals surface area contributed by atoms with Crippen LogP contribution < -0.4 is 0 Å². The van der Waals surface area contributed by atoms with Crippen LogP contribution in [-0.2, 0) is 19.6 Å². The Hall–Kier alpha value is -1.66. The molecule has 1 unspecified atom stereocenters. The van der Waals surface area contributed by atoms with Crippen LogP contribution in [0.1, 0.15) is 5.56 Å². The molecule has 1 aromatic carbocycles. The molecule has 1 aromatic rings. The first-order chi connectivity index (χ1) is 8.95. The molecule has 2 rings (SSSR count). The molecule has 0 spiro atoms. The van der Waals surface area contributed by atoms with Crippen molar-refractivity contribution in [1.82, 2.24) is 4.31 Å². The predicted octanol–water partition coefficient (Wildman–Crippen LogP) is 1.10. The number of carbonyl (C=O) groups is 1. The molecule has 1 heterocycles. The van der Waals surface area contributed by atoms with Crippen LogP contribution in [0, 0.1) is 6.92 Å². The predicted molar refractivity (Wildman–Crippen MR) is 70.0 cm³/mol. The first-order valence-corrected chi connectivity index (χ1v) is 7.24. The maximum absolute atomic E-state index is 12.2. The van der Waals surface area contributed by atoms with E-state index >= 15 is 0 Å². The van der Waals surface area contributed by atoms with E-state index < -0.39 is 16.0 Å². The Kier molecular flexibility index (Phi) is 3.73. The Morgan fingerprint density at radius 2 is 2.00 bits per heavy atom. The van der Waals surface area contributed by atoms with E-state index in [1.54, 1.807) is 24.3 Å². The quantitative estimate of drug-likeness (QED) is 0.471. The number of carbonyl (C=O) groups excluding carboxylic acids is 1. The zero-order chi connectivity index (χ0) is 14.0. The SMILES string of the molecule is COC(=O)/C=C/[C@H]1CN1S(=O)(=O)c1ccc(C)cc1. The minimum atomic E-state index is -3.46. The highest BCUT2D eigenvalue weighted by molar-refractivity contribution is 7.89. The van der Waals surface area contributed by atoms with E-state index in [9.17, 15) is 13.2 Å². The standard InChI is InChI=1S/C13H15NO4S/c1-10-3-6-12(7-4-10)19(16,17)14-9-11(14)5-8-13(15)18-2/h3-8,11H,9H2,1-2H3/b8-5+/t11-,14?/m0/s1. The molecule has 0 aromatic heterocycles. The smallest absolute Gasteiger partial charge is 0.330 e. The third-order valence-electron chi connectivity index (χ3n) is 2.89. The summed E-state index contributed by atoms with van der Waals surface area (Å²) in [5, 5.41) is 0. The lowest BCUT2D eigenvalue weighted by atomic mass is 10.2. The minimum Gasteiger partial charge on any atom is -0.466 e. The minimum absolute atomic E-state index is 0.259. The molecule has 1 aliphatic rings. The molecule has 2 atom stereocenters. The third kappa shape index (κ3) is 3.02. The second kappa shape index (κ2) is 5.14. The zero-order valence-electron chi connectivity index (χ0n) is 10.7. The fourth-order valence-electron chi connectivity index (χ4n) is 1.67. The van der Waals surface area contributed by atoms with Gasteiger partial charge in [-0.05, 0) is 19.1 Å². The summed E-state index contributed by atoms with van der Waals surface area (Å²) in [7, 11) is -2.18. The summed E-state index contributed by atoms with van der Waals surface area (Å²) < 4.78 is 30.2. The van der Waals surface area contributed by atoms with Gasteiger partial charge in [-0.1, -0.05) is 23.8 Å². The summed E-state index contributed by atoms with van der Waals surface area (Å²) in [5.41, 5.74) is 1.01. The van der Waals surface area contributed by atoms with E-state index in [0.717, 1.165) is 5.56 Å². The van der Waals surface area contributed by atoms with E-state index in [1.165, 1.54) is 23.6 Å². The summed E-state index contributed by atoms with van der Waals surface area (Å²) in [6, 6.07) is 6.44. The van der Waals surface area contributed by atoms with Crippen LogP contribution in [0.25, 0.3) is 0 Å². The molecule has 0 amide bonds. The molecule has 0 bridgehead atoms. The number of aryl methyl sites for hydroxylation is 1. The third-order valence-corrected chi connectivity index (χ3v) is 4.79.